The minimum absolute atomic E-state index is 0.0985. The number of carbonyl (C=O) groups is 1. The summed E-state index contributed by atoms with van der Waals surface area (Å²) < 4.78 is 0. The molecule has 2 rings (SSSR count). The summed E-state index contributed by atoms with van der Waals surface area (Å²) in [5.74, 6) is 0. The number of nitrogens with one attached hydrogen (secondary N) is 1. The summed E-state index contributed by atoms with van der Waals surface area (Å²) in [7, 11) is 0. The Bertz CT molecular complexity index is 319. The van der Waals surface area contributed by atoms with E-state index in [9.17, 15) is 4.79 Å². The van der Waals surface area contributed by atoms with E-state index in [0.717, 1.165) is 32.3 Å². The largest absolute Gasteiger partial charge is 0.341 e. The zero-order chi connectivity index (χ0) is 14.8. The van der Waals surface area contributed by atoms with Crippen molar-refractivity contribution in [3.8, 4) is 0 Å². The van der Waals surface area contributed by atoms with Gasteiger partial charge in [0.15, 0.2) is 0 Å². The Morgan fingerprint density at radius 2 is 1.70 bits per heavy atom. The van der Waals surface area contributed by atoms with Crippen LogP contribution in [0.15, 0.2) is 0 Å². The second-order valence-corrected chi connectivity index (χ2v) is 7.85. The number of piperidine rings is 1. The van der Waals surface area contributed by atoms with Crippen molar-refractivity contribution in [2.45, 2.75) is 70.5 Å². The smallest absolute Gasteiger partial charge is 0.210 e. The van der Waals surface area contributed by atoms with Gasteiger partial charge in [-0.05, 0) is 66.5 Å². The average molecular weight is 281 g/mol. The topological polar surface area (TPSA) is 35.6 Å². The van der Waals surface area contributed by atoms with Gasteiger partial charge in [0.25, 0.3) is 0 Å². The van der Waals surface area contributed by atoms with Gasteiger partial charge in [0, 0.05) is 30.2 Å². The number of amides is 1. The Hall–Kier alpha value is -0.610. The highest BCUT2D eigenvalue weighted by molar-refractivity contribution is 5.48. The Labute approximate surface area is 123 Å². The predicted octanol–water partition coefficient (Wildman–Crippen LogP) is 1.85. The molecule has 0 atom stereocenters. The van der Waals surface area contributed by atoms with Gasteiger partial charge in [-0.1, -0.05) is 0 Å². The standard InChI is InChI=1S/C16H31N3O/c1-15(2)11-14(12-16(3,4)17-15)19(13-20)10-9-18-7-5-6-8-18/h13-14,17H,5-12H2,1-4H3. The molecule has 0 aromatic carbocycles. The maximum absolute atomic E-state index is 11.5. The summed E-state index contributed by atoms with van der Waals surface area (Å²) in [6, 6.07) is 0.362. The van der Waals surface area contributed by atoms with Gasteiger partial charge in [0.05, 0.1) is 0 Å². The molecule has 0 saturated carbocycles. The van der Waals surface area contributed by atoms with Crippen LogP contribution in [0.4, 0.5) is 0 Å². The van der Waals surface area contributed by atoms with Crippen LogP contribution in [-0.2, 0) is 4.79 Å². The van der Waals surface area contributed by atoms with Crippen LogP contribution in [0.2, 0.25) is 0 Å². The molecule has 2 saturated heterocycles. The third-order valence-corrected chi connectivity index (χ3v) is 4.65. The lowest BCUT2D eigenvalue weighted by atomic mass is 9.79. The molecule has 2 aliphatic rings. The Morgan fingerprint density at radius 3 is 2.20 bits per heavy atom. The van der Waals surface area contributed by atoms with Gasteiger partial charge in [-0.15, -0.1) is 0 Å². The van der Waals surface area contributed by atoms with Crippen molar-refractivity contribution in [1.82, 2.24) is 15.1 Å². The van der Waals surface area contributed by atoms with Gasteiger partial charge >= 0.3 is 0 Å². The molecule has 4 nitrogen and oxygen atoms in total. The molecule has 1 amide bonds. The molecular formula is C16H31N3O. The first-order valence-corrected chi connectivity index (χ1v) is 8.04. The lowest BCUT2D eigenvalue weighted by Gasteiger charge is -2.49. The van der Waals surface area contributed by atoms with Crippen LogP contribution in [0.1, 0.15) is 53.4 Å². The van der Waals surface area contributed by atoms with Crippen LogP contribution < -0.4 is 5.32 Å². The molecule has 116 valence electrons. The molecule has 4 heteroatoms. The van der Waals surface area contributed by atoms with Crippen LogP contribution in [-0.4, -0.2) is 59.5 Å². The second-order valence-electron chi connectivity index (χ2n) is 7.85. The van der Waals surface area contributed by atoms with Gasteiger partial charge in [-0.3, -0.25) is 4.79 Å². The van der Waals surface area contributed by atoms with Crippen molar-refractivity contribution in [3.63, 3.8) is 0 Å². The van der Waals surface area contributed by atoms with Gasteiger partial charge < -0.3 is 15.1 Å². The predicted molar refractivity (Wildman–Crippen MR) is 82.8 cm³/mol. The zero-order valence-corrected chi connectivity index (χ0v) is 13.6. The SMILES string of the molecule is CC1(C)CC(N(C=O)CCN2CCCC2)CC(C)(C)N1. The van der Waals surface area contributed by atoms with Gasteiger partial charge in [0.2, 0.25) is 6.41 Å². The molecule has 0 bridgehead atoms. The van der Waals surface area contributed by atoms with E-state index in [-0.39, 0.29) is 11.1 Å². The van der Waals surface area contributed by atoms with Crippen molar-refractivity contribution in [2.24, 2.45) is 0 Å². The highest BCUT2D eigenvalue weighted by Gasteiger charge is 2.39. The summed E-state index contributed by atoms with van der Waals surface area (Å²) in [4.78, 5) is 16.0. The Balaban J connectivity index is 1.93. The number of hydrogen-bond donors (Lipinski definition) is 1. The molecule has 0 aromatic rings. The van der Waals surface area contributed by atoms with E-state index in [1.807, 2.05) is 4.90 Å². The first kappa shape index (κ1) is 15.8. The summed E-state index contributed by atoms with van der Waals surface area (Å²) in [5.41, 5.74) is 0.197. The Morgan fingerprint density at radius 1 is 1.15 bits per heavy atom. The maximum Gasteiger partial charge on any atom is 0.210 e. The fraction of sp³-hybridized carbons (Fsp3) is 0.938. The summed E-state index contributed by atoms with van der Waals surface area (Å²) in [6.45, 7) is 13.3. The van der Waals surface area contributed by atoms with Gasteiger partial charge in [-0.2, -0.15) is 0 Å². The minimum Gasteiger partial charge on any atom is -0.341 e. The molecule has 0 unspecified atom stereocenters. The molecule has 2 heterocycles. The second kappa shape index (κ2) is 6.02. The van der Waals surface area contributed by atoms with Crippen molar-refractivity contribution in [3.05, 3.63) is 0 Å². The number of rotatable bonds is 5. The van der Waals surface area contributed by atoms with E-state index >= 15 is 0 Å². The first-order chi connectivity index (χ1) is 9.31. The van der Waals surface area contributed by atoms with Gasteiger partial charge in [-0.25, -0.2) is 0 Å². The van der Waals surface area contributed by atoms with Crippen molar-refractivity contribution >= 4 is 6.41 Å². The summed E-state index contributed by atoms with van der Waals surface area (Å²) in [6.07, 6.45) is 5.77. The third-order valence-electron chi connectivity index (χ3n) is 4.65. The lowest BCUT2D eigenvalue weighted by Crippen LogP contribution is -2.62. The molecule has 0 aromatic heterocycles. The van der Waals surface area contributed by atoms with Crippen molar-refractivity contribution in [1.29, 1.82) is 0 Å². The molecular weight excluding hydrogens is 250 g/mol. The van der Waals surface area contributed by atoms with Crippen LogP contribution >= 0.6 is 0 Å². The highest BCUT2D eigenvalue weighted by atomic mass is 16.1. The van der Waals surface area contributed by atoms with E-state index < -0.39 is 0 Å². The quantitative estimate of drug-likeness (QED) is 0.781. The fourth-order valence-electron chi connectivity index (χ4n) is 4.09. The lowest BCUT2D eigenvalue weighted by molar-refractivity contribution is -0.122. The van der Waals surface area contributed by atoms with E-state index in [4.69, 9.17) is 0 Å². The van der Waals surface area contributed by atoms with E-state index in [0.29, 0.717) is 6.04 Å². The Kier molecular flexibility index (Phi) is 4.75. The summed E-state index contributed by atoms with van der Waals surface area (Å²) in [5, 5.41) is 3.69. The van der Waals surface area contributed by atoms with Crippen LogP contribution in [0, 0.1) is 0 Å². The van der Waals surface area contributed by atoms with E-state index in [2.05, 4.69) is 37.9 Å². The monoisotopic (exact) mass is 281 g/mol. The van der Waals surface area contributed by atoms with Crippen molar-refractivity contribution in [2.75, 3.05) is 26.2 Å². The maximum atomic E-state index is 11.5. The highest BCUT2D eigenvalue weighted by Crippen LogP contribution is 2.31. The molecule has 2 aliphatic heterocycles. The molecule has 0 radical (unpaired) electrons. The zero-order valence-electron chi connectivity index (χ0n) is 13.6. The van der Waals surface area contributed by atoms with Crippen LogP contribution in [0.5, 0.6) is 0 Å². The molecule has 2 fully saturated rings. The van der Waals surface area contributed by atoms with Crippen LogP contribution in [0.25, 0.3) is 0 Å². The van der Waals surface area contributed by atoms with Gasteiger partial charge in [0.1, 0.15) is 0 Å². The van der Waals surface area contributed by atoms with E-state index in [1.165, 1.54) is 25.9 Å². The average Bonchev–Trinajstić information content (AvgIpc) is 2.78. The van der Waals surface area contributed by atoms with Crippen LogP contribution in [0.3, 0.4) is 0 Å². The number of carbonyl (C=O) groups excluding carboxylic acids is 1. The summed E-state index contributed by atoms with van der Waals surface area (Å²) >= 11 is 0. The normalized spacial score (nSPS) is 26.6. The third kappa shape index (κ3) is 4.19. The van der Waals surface area contributed by atoms with Crippen molar-refractivity contribution < 1.29 is 4.79 Å². The molecule has 20 heavy (non-hydrogen) atoms. The minimum atomic E-state index is 0.0985. The number of likely N-dealkylation sites (tertiary alicyclic amines) is 1. The van der Waals surface area contributed by atoms with E-state index in [1.54, 1.807) is 0 Å². The number of hydrogen-bond acceptors (Lipinski definition) is 3. The first-order valence-electron chi connectivity index (χ1n) is 8.04. The molecule has 1 N–H and O–H groups in total. The number of nitrogens with zero attached hydrogens (tertiary/aromatic N) is 2. The fourth-order valence-corrected chi connectivity index (χ4v) is 4.09. The molecule has 0 aliphatic carbocycles. The molecule has 0 spiro atoms.